The third-order valence-electron chi connectivity index (χ3n) is 4.68. The molecule has 0 aliphatic heterocycles. The van der Waals surface area contributed by atoms with E-state index in [1.165, 1.54) is 33.5 Å². The van der Waals surface area contributed by atoms with E-state index in [-0.39, 0.29) is 10.9 Å². The van der Waals surface area contributed by atoms with Crippen molar-refractivity contribution in [2.75, 3.05) is 26.6 Å². The third kappa shape index (κ3) is 4.03. The highest BCUT2D eigenvalue weighted by molar-refractivity contribution is 7.89. The predicted octanol–water partition coefficient (Wildman–Crippen LogP) is 3.31. The number of oxazole rings is 1. The number of rotatable bonds is 7. The van der Waals surface area contributed by atoms with Crippen molar-refractivity contribution >= 4 is 32.8 Å². The number of nitrogens with zero attached hydrogens (tertiary/aromatic N) is 2. The number of nitrogens with two attached hydrogens (primary N) is 1. The highest BCUT2D eigenvalue weighted by atomic mass is 32.2. The Morgan fingerprint density at radius 2 is 1.62 bits per heavy atom. The molecule has 11 heteroatoms. The summed E-state index contributed by atoms with van der Waals surface area (Å²) in [6, 6.07) is 11.4. The van der Waals surface area contributed by atoms with Crippen molar-refractivity contribution in [1.29, 1.82) is 0 Å². The molecule has 0 aliphatic carbocycles. The van der Waals surface area contributed by atoms with Crippen LogP contribution in [0.25, 0.3) is 22.4 Å². The van der Waals surface area contributed by atoms with Crippen LogP contribution < -0.4 is 24.7 Å². The molecule has 0 spiro atoms. The molecule has 0 bridgehead atoms. The molecule has 10 nitrogen and oxygen atoms in total. The quantitative estimate of drug-likeness (QED) is 0.429. The number of pyridine rings is 1. The van der Waals surface area contributed by atoms with Crippen LogP contribution in [0, 0.1) is 0 Å². The summed E-state index contributed by atoms with van der Waals surface area (Å²) >= 11 is 0. The number of nitrogens with one attached hydrogen (secondary N) is 1. The van der Waals surface area contributed by atoms with Gasteiger partial charge in [0.2, 0.25) is 15.8 Å². The van der Waals surface area contributed by atoms with Crippen LogP contribution in [0.2, 0.25) is 0 Å². The molecular formula is C21H20N4O6S. The van der Waals surface area contributed by atoms with Gasteiger partial charge in [-0.3, -0.25) is 4.98 Å². The van der Waals surface area contributed by atoms with E-state index in [1.54, 1.807) is 36.5 Å². The van der Waals surface area contributed by atoms with Crippen LogP contribution in [-0.4, -0.2) is 39.7 Å². The van der Waals surface area contributed by atoms with Crippen molar-refractivity contribution < 1.29 is 27.0 Å². The van der Waals surface area contributed by atoms with Gasteiger partial charge in [-0.15, -0.1) is 0 Å². The van der Waals surface area contributed by atoms with Crippen molar-refractivity contribution in [3.63, 3.8) is 0 Å². The Morgan fingerprint density at radius 1 is 0.969 bits per heavy atom. The summed E-state index contributed by atoms with van der Waals surface area (Å²) in [6.07, 6.45) is 1.59. The maximum atomic E-state index is 11.5. The first-order chi connectivity index (χ1) is 15.3. The summed E-state index contributed by atoms with van der Waals surface area (Å²) in [5.74, 6) is 1.41. The van der Waals surface area contributed by atoms with Crippen molar-refractivity contribution in [1.82, 2.24) is 9.97 Å². The molecule has 2 aromatic heterocycles. The number of aromatic nitrogens is 2. The van der Waals surface area contributed by atoms with Gasteiger partial charge in [0.1, 0.15) is 11.2 Å². The largest absolute Gasteiger partial charge is 0.493 e. The lowest BCUT2D eigenvalue weighted by molar-refractivity contribution is 0.324. The van der Waals surface area contributed by atoms with Crippen molar-refractivity contribution in [3.05, 3.63) is 48.7 Å². The second-order valence-corrected chi connectivity index (χ2v) is 8.20. The number of hydrogen-bond acceptors (Lipinski definition) is 9. The van der Waals surface area contributed by atoms with E-state index in [0.717, 1.165) is 0 Å². The Kier molecular flexibility index (Phi) is 5.59. The van der Waals surface area contributed by atoms with Gasteiger partial charge in [0.25, 0.3) is 6.01 Å². The molecule has 3 N–H and O–H groups in total. The first-order valence-corrected chi connectivity index (χ1v) is 10.8. The number of fused-ring (bicyclic) bond motifs is 1. The second-order valence-electron chi connectivity index (χ2n) is 6.64. The molecule has 0 aliphatic rings. The van der Waals surface area contributed by atoms with Gasteiger partial charge >= 0.3 is 0 Å². The summed E-state index contributed by atoms with van der Waals surface area (Å²) in [6.45, 7) is 0. The molecule has 4 aromatic rings. The summed E-state index contributed by atoms with van der Waals surface area (Å²) in [5.41, 5.74) is 2.77. The van der Waals surface area contributed by atoms with E-state index in [1.807, 2.05) is 0 Å². The van der Waals surface area contributed by atoms with E-state index in [4.69, 9.17) is 23.8 Å². The summed E-state index contributed by atoms with van der Waals surface area (Å²) in [7, 11) is 0.794. The smallest absolute Gasteiger partial charge is 0.300 e. The van der Waals surface area contributed by atoms with Gasteiger partial charge in [-0.25, -0.2) is 13.6 Å². The minimum atomic E-state index is -3.79. The molecule has 0 amide bonds. The number of hydrogen-bond donors (Lipinski definition) is 2. The van der Waals surface area contributed by atoms with Crippen LogP contribution in [0.15, 0.2) is 58.0 Å². The van der Waals surface area contributed by atoms with Gasteiger partial charge in [-0.05, 0) is 18.2 Å². The molecule has 0 fully saturated rings. The lowest BCUT2D eigenvalue weighted by atomic mass is 10.1. The summed E-state index contributed by atoms with van der Waals surface area (Å²) in [5, 5.41) is 8.25. The fraction of sp³-hybridized carbons (Fsp3) is 0.143. The van der Waals surface area contributed by atoms with Crippen molar-refractivity contribution in [3.8, 4) is 28.5 Å². The molecule has 2 heterocycles. The van der Waals surface area contributed by atoms with Gasteiger partial charge < -0.3 is 23.9 Å². The normalized spacial score (nSPS) is 11.4. The van der Waals surface area contributed by atoms with E-state index in [2.05, 4.69) is 15.3 Å². The Morgan fingerprint density at radius 3 is 2.19 bits per heavy atom. The molecule has 0 atom stereocenters. The van der Waals surface area contributed by atoms with Crippen molar-refractivity contribution in [2.45, 2.75) is 4.90 Å². The number of ether oxygens (including phenoxy) is 3. The Balaban J connectivity index is 1.71. The standard InChI is InChI=1S/C21H20N4O6S/c1-28-16-10-13(11-17(29-2)20(16)30-3)24-21-25-15-8-9-23-18(19(15)31-21)12-4-6-14(7-5-12)32(22,26)27/h4-11H,1-3H3,(H,24,25)(H2,22,26,27). The molecule has 0 saturated carbocycles. The molecule has 0 unspecified atom stereocenters. The number of methoxy groups -OCH3 is 3. The first-order valence-electron chi connectivity index (χ1n) is 9.30. The number of sulfonamides is 1. The molecule has 2 aromatic carbocycles. The summed E-state index contributed by atoms with van der Waals surface area (Å²) in [4.78, 5) is 8.84. The lowest BCUT2D eigenvalue weighted by Gasteiger charge is -2.14. The lowest BCUT2D eigenvalue weighted by Crippen LogP contribution is -2.11. The maximum absolute atomic E-state index is 11.5. The zero-order valence-corrected chi connectivity index (χ0v) is 18.3. The molecular weight excluding hydrogens is 436 g/mol. The zero-order valence-electron chi connectivity index (χ0n) is 17.4. The van der Waals surface area contributed by atoms with Gasteiger partial charge in [-0.2, -0.15) is 4.98 Å². The monoisotopic (exact) mass is 456 g/mol. The van der Waals surface area contributed by atoms with Gasteiger partial charge in [-0.1, -0.05) is 12.1 Å². The molecule has 0 radical (unpaired) electrons. The van der Waals surface area contributed by atoms with Crippen LogP contribution in [0.4, 0.5) is 11.7 Å². The average molecular weight is 456 g/mol. The van der Waals surface area contributed by atoms with E-state index >= 15 is 0 Å². The fourth-order valence-electron chi connectivity index (χ4n) is 3.19. The minimum Gasteiger partial charge on any atom is -0.493 e. The summed E-state index contributed by atoms with van der Waals surface area (Å²) < 4.78 is 45.0. The molecule has 166 valence electrons. The minimum absolute atomic E-state index is 0.00995. The van der Waals surface area contributed by atoms with E-state index < -0.39 is 10.0 Å². The second kappa shape index (κ2) is 8.36. The maximum Gasteiger partial charge on any atom is 0.300 e. The Labute approximate surface area is 184 Å². The van der Waals surface area contributed by atoms with Gasteiger partial charge in [0.05, 0.1) is 26.2 Å². The number of anilines is 2. The Bertz CT molecular complexity index is 1360. The third-order valence-corrected chi connectivity index (χ3v) is 5.61. The van der Waals surface area contributed by atoms with Gasteiger partial charge in [0, 0.05) is 29.6 Å². The zero-order chi connectivity index (χ0) is 22.9. The van der Waals surface area contributed by atoms with Crippen LogP contribution in [0.1, 0.15) is 0 Å². The molecule has 32 heavy (non-hydrogen) atoms. The van der Waals surface area contributed by atoms with E-state index in [9.17, 15) is 8.42 Å². The average Bonchev–Trinajstić information content (AvgIpc) is 3.20. The van der Waals surface area contributed by atoms with Crippen molar-refractivity contribution in [2.24, 2.45) is 5.14 Å². The highest BCUT2D eigenvalue weighted by Gasteiger charge is 2.17. The topological polar surface area (TPSA) is 139 Å². The van der Waals surface area contributed by atoms with E-state index in [0.29, 0.717) is 45.3 Å². The SMILES string of the molecule is COc1cc(Nc2nc3ccnc(-c4ccc(S(N)(=O)=O)cc4)c3o2)cc(OC)c1OC. The number of benzene rings is 2. The van der Waals surface area contributed by atoms with Gasteiger partial charge in [0.15, 0.2) is 17.1 Å². The first kappa shape index (κ1) is 21.4. The Hall–Kier alpha value is -3.83. The van der Waals surface area contributed by atoms with Crippen LogP contribution in [-0.2, 0) is 10.0 Å². The highest BCUT2D eigenvalue weighted by Crippen LogP contribution is 2.41. The predicted molar refractivity (Wildman–Crippen MR) is 118 cm³/mol. The molecule has 0 saturated heterocycles. The van der Waals surface area contributed by atoms with Crippen LogP contribution >= 0.6 is 0 Å². The number of primary sulfonamides is 1. The molecule has 4 rings (SSSR count). The van der Waals surface area contributed by atoms with Crippen LogP contribution in [0.3, 0.4) is 0 Å². The van der Waals surface area contributed by atoms with Crippen LogP contribution in [0.5, 0.6) is 17.2 Å². The fourth-order valence-corrected chi connectivity index (χ4v) is 3.71.